The molecule has 1 aromatic heterocycles. The van der Waals surface area contributed by atoms with Gasteiger partial charge in [0.15, 0.2) is 0 Å². The van der Waals surface area contributed by atoms with Crippen molar-refractivity contribution < 1.29 is 0 Å². The Kier molecular flexibility index (Phi) is 3.27. The number of nitrogens with zero attached hydrogens (tertiary/aromatic N) is 1. The number of aryl methyl sites for hydroxylation is 1. The van der Waals surface area contributed by atoms with Crippen molar-refractivity contribution in [3.8, 4) is 11.4 Å². The van der Waals surface area contributed by atoms with Crippen molar-refractivity contribution in [3.05, 3.63) is 40.7 Å². The van der Waals surface area contributed by atoms with Crippen molar-refractivity contribution in [1.29, 1.82) is 0 Å². The van der Waals surface area contributed by atoms with Gasteiger partial charge in [-0.2, -0.15) is 0 Å². The number of rotatable bonds is 3. The second kappa shape index (κ2) is 4.68. The highest BCUT2D eigenvalue weighted by molar-refractivity contribution is 6.33. The van der Waals surface area contributed by atoms with E-state index in [0.717, 1.165) is 29.2 Å². The van der Waals surface area contributed by atoms with Crippen LogP contribution >= 0.6 is 11.6 Å². The second-order valence-corrected chi connectivity index (χ2v) is 4.08. The molecule has 0 saturated carbocycles. The van der Waals surface area contributed by atoms with Crippen LogP contribution in [0.4, 0.5) is 0 Å². The first-order chi connectivity index (χ1) is 7.72. The third-order valence-corrected chi connectivity index (χ3v) is 2.83. The van der Waals surface area contributed by atoms with Gasteiger partial charge in [-0.3, -0.25) is 0 Å². The third kappa shape index (κ3) is 2.10. The fraction of sp³-hybridized carbons (Fsp3) is 0.250. The van der Waals surface area contributed by atoms with E-state index < -0.39 is 0 Å². The molecule has 2 rings (SSSR count). The lowest BCUT2D eigenvalue weighted by atomic mass is 10.2. The summed E-state index contributed by atoms with van der Waals surface area (Å²) in [7, 11) is 0. The van der Waals surface area contributed by atoms with Crippen molar-refractivity contribution in [2.24, 2.45) is 5.73 Å². The Balaban J connectivity index is 2.42. The first-order valence-corrected chi connectivity index (χ1v) is 5.60. The summed E-state index contributed by atoms with van der Waals surface area (Å²) in [6.07, 6.45) is 0.785. The molecule has 0 aliphatic rings. The van der Waals surface area contributed by atoms with Crippen LogP contribution in [-0.4, -0.2) is 16.5 Å². The molecule has 3 nitrogen and oxygen atoms in total. The molecule has 1 aromatic carbocycles. The molecule has 0 aliphatic heterocycles. The molecule has 3 N–H and O–H groups in total. The predicted octanol–water partition coefficient (Wildman–Crippen LogP) is 2.54. The molecule has 2 aromatic rings. The summed E-state index contributed by atoms with van der Waals surface area (Å²) in [5, 5.41) is 0.704. The van der Waals surface area contributed by atoms with Crippen LogP contribution in [0.15, 0.2) is 24.3 Å². The van der Waals surface area contributed by atoms with Crippen molar-refractivity contribution in [2.45, 2.75) is 13.3 Å². The highest BCUT2D eigenvalue weighted by Crippen LogP contribution is 2.25. The average molecular weight is 236 g/mol. The Morgan fingerprint density at radius 2 is 2.12 bits per heavy atom. The van der Waals surface area contributed by atoms with Crippen LogP contribution in [0.3, 0.4) is 0 Å². The van der Waals surface area contributed by atoms with Crippen molar-refractivity contribution in [1.82, 2.24) is 9.97 Å². The van der Waals surface area contributed by atoms with Gasteiger partial charge in [0.25, 0.3) is 0 Å². The van der Waals surface area contributed by atoms with E-state index >= 15 is 0 Å². The van der Waals surface area contributed by atoms with E-state index in [9.17, 15) is 0 Å². The van der Waals surface area contributed by atoms with E-state index in [2.05, 4.69) is 9.97 Å². The number of hydrogen-bond acceptors (Lipinski definition) is 2. The number of aromatic nitrogens is 2. The van der Waals surface area contributed by atoms with Crippen LogP contribution in [0.1, 0.15) is 11.4 Å². The molecule has 0 unspecified atom stereocenters. The first kappa shape index (κ1) is 11.2. The van der Waals surface area contributed by atoms with E-state index in [1.165, 1.54) is 0 Å². The van der Waals surface area contributed by atoms with E-state index in [0.29, 0.717) is 11.6 Å². The maximum absolute atomic E-state index is 6.11. The third-order valence-electron chi connectivity index (χ3n) is 2.50. The molecule has 0 spiro atoms. The molecule has 0 aliphatic carbocycles. The van der Waals surface area contributed by atoms with Gasteiger partial charge in [-0.1, -0.05) is 23.7 Å². The molecule has 1 heterocycles. The lowest BCUT2D eigenvalue weighted by Crippen LogP contribution is -2.03. The van der Waals surface area contributed by atoms with Gasteiger partial charge in [0.1, 0.15) is 5.82 Å². The molecular formula is C12H14ClN3. The lowest BCUT2D eigenvalue weighted by molar-refractivity contribution is 0.924. The minimum atomic E-state index is 0.605. The minimum absolute atomic E-state index is 0.605. The normalized spacial score (nSPS) is 10.7. The summed E-state index contributed by atoms with van der Waals surface area (Å²) in [5.74, 6) is 0.812. The summed E-state index contributed by atoms with van der Waals surface area (Å²) in [6, 6.07) is 7.66. The quantitative estimate of drug-likeness (QED) is 0.859. The predicted molar refractivity (Wildman–Crippen MR) is 66.5 cm³/mol. The maximum Gasteiger partial charge on any atom is 0.139 e. The Morgan fingerprint density at radius 3 is 2.81 bits per heavy atom. The zero-order chi connectivity index (χ0) is 11.5. The molecule has 84 valence electrons. The minimum Gasteiger partial charge on any atom is -0.342 e. The topological polar surface area (TPSA) is 54.7 Å². The smallest absolute Gasteiger partial charge is 0.139 e. The van der Waals surface area contributed by atoms with Gasteiger partial charge < -0.3 is 10.7 Å². The van der Waals surface area contributed by atoms with E-state index in [-0.39, 0.29) is 0 Å². The Hall–Kier alpha value is -1.32. The van der Waals surface area contributed by atoms with Crippen molar-refractivity contribution in [3.63, 3.8) is 0 Å². The molecule has 0 fully saturated rings. The Labute approximate surface area is 99.7 Å². The number of halogens is 1. The zero-order valence-electron chi connectivity index (χ0n) is 9.13. The van der Waals surface area contributed by atoms with E-state index in [4.69, 9.17) is 17.3 Å². The molecular weight excluding hydrogens is 222 g/mol. The van der Waals surface area contributed by atoms with Gasteiger partial charge in [-0.15, -0.1) is 0 Å². The molecule has 4 heteroatoms. The van der Waals surface area contributed by atoms with Gasteiger partial charge in [-0.05, 0) is 25.6 Å². The Bertz CT molecular complexity index is 491. The summed E-state index contributed by atoms with van der Waals surface area (Å²) >= 11 is 6.11. The fourth-order valence-electron chi connectivity index (χ4n) is 1.66. The SMILES string of the molecule is Cc1[nH]c(-c2ccccc2Cl)nc1CCN. The number of benzene rings is 1. The summed E-state index contributed by atoms with van der Waals surface area (Å²) in [6.45, 7) is 2.60. The summed E-state index contributed by atoms with van der Waals surface area (Å²) in [4.78, 5) is 7.75. The highest BCUT2D eigenvalue weighted by atomic mass is 35.5. The number of nitrogens with two attached hydrogens (primary N) is 1. The second-order valence-electron chi connectivity index (χ2n) is 3.68. The number of H-pyrrole nitrogens is 1. The van der Waals surface area contributed by atoms with Crippen LogP contribution < -0.4 is 5.73 Å². The summed E-state index contributed by atoms with van der Waals surface area (Å²) < 4.78 is 0. The molecule has 0 bridgehead atoms. The zero-order valence-corrected chi connectivity index (χ0v) is 9.88. The number of aromatic amines is 1. The van der Waals surface area contributed by atoms with Crippen molar-refractivity contribution in [2.75, 3.05) is 6.54 Å². The number of hydrogen-bond donors (Lipinski definition) is 2. The van der Waals surface area contributed by atoms with E-state index in [1.807, 2.05) is 31.2 Å². The molecule has 16 heavy (non-hydrogen) atoms. The summed E-state index contributed by atoms with van der Waals surface area (Å²) in [5.41, 5.74) is 8.52. The highest BCUT2D eigenvalue weighted by Gasteiger charge is 2.09. The van der Waals surface area contributed by atoms with Gasteiger partial charge in [-0.25, -0.2) is 4.98 Å². The van der Waals surface area contributed by atoms with Gasteiger partial charge >= 0.3 is 0 Å². The van der Waals surface area contributed by atoms with Crippen LogP contribution in [-0.2, 0) is 6.42 Å². The number of imidazole rings is 1. The Morgan fingerprint density at radius 1 is 1.38 bits per heavy atom. The van der Waals surface area contributed by atoms with Crippen LogP contribution in [0.5, 0.6) is 0 Å². The average Bonchev–Trinajstić information content (AvgIpc) is 2.61. The fourth-order valence-corrected chi connectivity index (χ4v) is 1.88. The van der Waals surface area contributed by atoms with Gasteiger partial charge in [0, 0.05) is 17.7 Å². The monoisotopic (exact) mass is 235 g/mol. The van der Waals surface area contributed by atoms with E-state index in [1.54, 1.807) is 0 Å². The van der Waals surface area contributed by atoms with Gasteiger partial charge in [0.05, 0.1) is 10.7 Å². The molecule has 0 amide bonds. The van der Waals surface area contributed by atoms with Crippen LogP contribution in [0.25, 0.3) is 11.4 Å². The number of nitrogens with one attached hydrogen (secondary N) is 1. The van der Waals surface area contributed by atoms with Gasteiger partial charge in [0.2, 0.25) is 0 Å². The molecule has 0 radical (unpaired) electrons. The standard InChI is InChI=1S/C12H14ClN3/c1-8-11(6-7-14)16-12(15-8)9-4-2-3-5-10(9)13/h2-5H,6-7,14H2,1H3,(H,15,16). The van der Waals surface area contributed by atoms with Crippen molar-refractivity contribution >= 4 is 11.6 Å². The molecule has 0 saturated heterocycles. The van der Waals surface area contributed by atoms with Crippen LogP contribution in [0, 0.1) is 6.92 Å². The largest absolute Gasteiger partial charge is 0.342 e. The maximum atomic E-state index is 6.11. The molecule has 0 atom stereocenters. The first-order valence-electron chi connectivity index (χ1n) is 5.23. The van der Waals surface area contributed by atoms with Crippen LogP contribution in [0.2, 0.25) is 5.02 Å². The lowest BCUT2D eigenvalue weighted by Gasteiger charge is -1.98.